The Morgan fingerprint density at radius 3 is 2.83 bits per heavy atom. The third kappa shape index (κ3) is 3.54. The van der Waals surface area contributed by atoms with E-state index in [0.29, 0.717) is 13.2 Å². The highest BCUT2D eigenvalue weighted by Gasteiger charge is 2.23. The molecule has 100 valence electrons. The van der Waals surface area contributed by atoms with Crippen molar-refractivity contribution in [1.29, 1.82) is 0 Å². The van der Waals surface area contributed by atoms with Gasteiger partial charge < -0.3 is 14.7 Å². The monoisotopic (exact) mass is 253 g/mol. The number of carbonyl (C=O) groups is 1. The SMILES string of the molecule is O=C(Cn1cccn1)N1CCC(OCCO)CC1. The molecular weight excluding hydrogens is 234 g/mol. The molecule has 0 atom stereocenters. The molecule has 1 N–H and O–H groups in total. The summed E-state index contributed by atoms with van der Waals surface area (Å²) in [5.74, 6) is 0.0966. The molecule has 0 unspecified atom stereocenters. The van der Waals surface area contributed by atoms with E-state index < -0.39 is 0 Å². The molecule has 1 aliphatic heterocycles. The number of hydrogen-bond donors (Lipinski definition) is 1. The van der Waals surface area contributed by atoms with Crippen LogP contribution in [0.2, 0.25) is 0 Å². The quantitative estimate of drug-likeness (QED) is 0.794. The summed E-state index contributed by atoms with van der Waals surface area (Å²) >= 11 is 0. The number of piperidine rings is 1. The van der Waals surface area contributed by atoms with Gasteiger partial charge in [-0.15, -0.1) is 0 Å². The van der Waals surface area contributed by atoms with Gasteiger partial charge in [0, 0.05) is 25.5 Å². The standard InChI is InChI=1S/C12H19N3O3/c16-8-9-18-11-2-6-14(7-3-11)12(17)10-15-5-1-4-13-15/h1,4-5,11,16H,2-3,6-10H2. The van der Waals surface area contributed by atoms with Gasteiger partial charge in [0.1, 0.15) is 6.54 Å². The molecular formula is C12H19N3O3. The van der Waals surface area contributed by atoms with Gasteiger partial charge >= 0.3 is 0 Å². The molecule has 2 heterocycles. The Hall–Kier alpha value is -1.40. The Balaban J connectivity index is 1.73. The largest absolute Gasteiger partial charge is 0.394 e. The molecule has 0 bridgehead atoms. The number of rotatable bonds is 5. The predicted molar refractivity (Wildman–Crippen MR) is 64.9 cm³/mol. The molecule has 1 fully saturated rings. The second-order valence-electron chi connectivity index (χ2n) is 4.38. The van der Waals surface area contributed by atoms with Gasteiger partial charge in [0.2, 0.25) is 5.91 Å². The Labute approximate surface area is 106 Å². The van der Waals surface area contributed by atoms with Crippen LogP contribution in [0.5, 0.6) is 0 Å². The van der Waals surface area contributed by atoms with Gasteiger partial charge in [0.25, 0.3) is 0 Å². The fourth-order valence-corrected chi connectivity index (χ4v) is 2.12. The van der Waals surface area contributed by atoms with Crippen LogP contribution >= 0.6 is 0 Å². The Kier molecular flexibility index (Phi) is 4.72. The molecule has 0 aliphatic carbocycles. The average molecular weight is 253 g/mol. The van der Waals surface area contributed by atoms with Crippen molar-refractivity contribution in [3.05, 3.63) is 18.5 Å². The van der Waals surface area contributed by atoms with Gasteiger partial charge in [0.05, 0.1) is 19.3 Å². The number of aliphatic hydroxyl groups is 1. The van der Waals surface area contributed by atoms with Gasteiger partial charge in [-0.2, -0.15) is 5.10 Å². The van der Waals surface area contributed by atoms with Gasteiger partial charge in [-0.25, -0.2) is 0 Å². The topological polar surface area (TPSA) is 67.6 Å². The zero-order valence-corrected chi connectivity index (χ0v) is 10.4. The first-order valence-corrected chi connectivity index (χ1v) is 6.27. The second-order valence-corrected chi connectivity index (χ2v) is 4.38. The maximum atomic E-state index is 12.0. The summed E-state index contributed by atoms with van der Waals surface area (Å²) in [6.07, 6.45) is 5.30. The van der Waals surface area contributed by atoms with E-state index in [-0.39, 0.29) is 18.6 Å². The minimum absolute atomic E-state index is 0.0540. The summed E-state index contributed by atoms with van der Waals surface area (Å²) in [4.78, 5) is 13.8. The van der Waals surface area contributed by atoms with Crippen LogP contribution in [0.3, 0.4) is 0 Å². The lowest BCUT2D eigenvalue weighted by Crippen LogP contribution is -2.42. The van der Waals surface area contributed by atoms with Crippen molar-refractivity contribution >= 4 is 5.91 Å². The molecule has 2 rings (SSSR count). The highest BCUT2D eigenvalue weighted by Crippen LogP contribution is 2.13. The predicted octanol–water partition coefficient (Wildman–Crippen LogP) is -0.117. The maximum Gasteiger partial charge on any atom is 0.244 e. The Morgan fingerprint density at radius 1 is 1.44 bits per heavy atom. The summed E-state index contributed by atoms with van der Waals surface area (Å²) in [6.45, 7) is 2.17. The number of aliphatic hydroxyl groups excluding tert-OH is 1. The number of nitrogens with zero attached hydrogens (tertiary/aromatic N) is 3. The van der Waals surface area contributed by atoms with E-state index >= 15 is 0 Å². The van der Waals surface area contributed by atoms with Crippen LogP contribution < -0.4 is 0 Å². The molecule has 1 saturated heterocycles. The first-order chi connectivity index (χ1) is 8.79. The molecule has 0 radical (unpaired) electrons. The number of carbonyl (C=O) groups excluding carboxylic acids is 1. The molecule has 1 aromatic heterocycles. The van der Waals surface area contributed by atoms with Crippen LogP contribution in [-0.2, 0) is 16.1 Å². The van der Waals surface area contributed by atoms with E-state index in [0.717, 1.165) is 25.9 Å². The lowest BCUT2D eigenvalue weighted by molar-refractivity contribution is -0.134. The van der Waals surface area contributed by atoms with Crippen LogP contribution in [0.4, 0.5) is 0 Å². The number of aromatic nitrogens is 2. The third-order valence-electron chi connectivity index (χ3n) is 3.10. The normalized spacial score (nSPS) is 17.1. The molecule has 18 heavy (non-hydrogen) atoms. The smallest absolute Gasteiger partial charge is 0.244 e. The van der Waals surface area contributed by atoms with Crippen molar-refractivity contribution in [3.8, 4) is 0 Å². The minimum atomic E-state index is 0.0540. The summed E-state index contributed by atoms with van der Waals surface area (Å²) in [6, 6.07) is 1.81. The van der Waals surface area contributed by atoms with Crippen LogP contribution in [0, 0.1) is 0 Å². The van der Waals surface area contributed by atoms with Crippen molar-refractivity contribution in [2.75, 3.05) is 26.3 Å². The summed E-state index contributed by atoms with van der Waals surface area (Å²) < 4.78 is 7.10. The fourth-order valence-electron chi connectivity index (χ4n) is 2.12. The molecule has 0 aromatic carbocycles. The fraction of sp³-hybridized carbons (Fsp3) is 0.667. The lowest BCUT2D eigenvalue weighted by atomic mass is 10.1. The molecule has 6 heteroatoms. The third-order valence-corrected chi connectivity index (χ3v) is 3.10. The zero-order valence-electron chi connectivity index (χ0n) is 10.4. The lowest BCUT2D eigenvalue weighted by Gasteiger charge is -2.31. The molecule has 1 aliphatic rings. The van der Waals surface area contributed by atoms with E-state index in [9.17, 15) is 4.79 Å². The van der Waals surface area contributed by atoms with Crippen LogP contribution in [0.15, 0.2) is 18.5 Å². The van der Waals surface area contributed by atoms with Crippen molar-refractivity contribution < 1.29 is 14.6 Å². The van der Waals surface area contributed by atoms with Gasteiger partial charge in [-0.3, -0.25) is 9.48 Å². The Morgan fingerprint density at radius 2 is 2.22 bits per heavy atom. The van der Waals surface area contributed by atoms with Crippen LogP contribution in [-0.4, -0.2) is 58.1 Å². The van der Waals surface area contributed by atoms with E-state index in [1.165, 1.54) is 0 Å². The molecule has 0 spiro atoms. The number of likely N-dealkylation sites (tertiary alicyclic amines) is 1. The van der Waals surface area contributed by atoms with Crippen molar-refractivity contribution in [1.82, 2.24) is 14.7 Å². The minimum Gasteiger partial charge on any atom is -0.394 e. The van der Waals surface area contributed by atoms with Gasteiger partial charge in [-0.05, 0) is 18.9 Å². The number of ether oxygens (including phenoxy) is 1. The summed E-state index contributed by atoms with van der Waals surface area (Å²) in [5.41, 5.74) is 0. The van der Waals surface area contributed by atoms with E-state index in [1.807, 2.05) is 11.0 Å². The van der Waals surface area contributed by atoms with Crippen molar-refractivity contribution in [3.63, 3.8) is 0 Å². The second kappa shape index (κ2) is 6.51. The van der Waals surface area contributed by atoms with E-state index in [1.54, 1.807) is 17.1 Å². The Bertz CT molecular complexity index is 359. The van der Waals surface area contributed by atoms with Crippen LogP contribution in [0.1, 0.15) is 12.8 Å². The first kappa shape index (κ1) is 13.0. The number of hydrogen-bond acceptors (Lipinski definition) is 4. The van der Waals surface area contributed by atoms with Crippen molar-refractivity contribution in [2.24, 2.45) is 0 Å². The van der Waals surface area contributed by atoms with E-state index in [2.05, 4.69) is 5.10 Å². The van der Waals surface area contributed by atoms with E-state index in [4.69, 9.17) is 9.84 Å². The molecule has 1 amide bonds. The molecule has 1 aromatic rings. The van der Waals surface area contributed by atoms with Gasteiger partial charge in [-0.1, -0.05) is 0 Å². The van der Waals surface area contributed by atoms with Crippen molar-refractivity contribution in [2.45, 2.75) is 25.5 Å². The molecule has 6 nitrogen and oxygen atoms in total. The summed E-state index contributed by atoms with van der Waals surface area (Å²) in [7, 11) is 0. The zero-order chi connectivity index (χ0) is 12.8. The van der Waals surface area contributed by atoms with Crippen LogP contribution in [0.25, 0.3) is 0 Å². The first-order valence-electron chi connectivity index (χ1n) is 6.27. The summed E-state index contributed by atoms with van der Waals surface area (Å²) in [5, 5.41) is 12.7. The highest BCUT2D eigenvalue weighted by atomic mass is 16.5. The highest BCUT2D eigenvalue weighted by molar-refractivity contribution is 5.75. The van der Waals surface area contributed by atoms with Gasteiger partial charge in [0.15, 0.2) is 0 Å². The average Bonchev–Trinajstić information content (AvgIpc) is 2.89. The molecule has 0 saturated carbocycles. The maximum absolute atomic E-state index is 12.0. The number of amides is 1.